The third-order valence-corrected chi connectivity index (χ3v) is 3.41. The van der Waals surface area contributed by atoms with Gasteiger partial charge in [0.25, 0.3) is 5.69 Å². The molecule has 180 valence electrons. The van der Waals surface area contributed by atoms with Gasteiger partial charge in [0.15, 0.2) is 5.75 Å². The summed E-state index contributed by atoms with van der Waals surface area (Å²) in [7, 11) is -5.33. The van der Waals surface area contributed by atoms with Gasteiger partial charge in [-0.15, -0.1) is 0 Å². The number of non-ortho nitro benzene ring substituents is 1. The number of aromatic nitrogens is 2. The Labute approximate surface area is 182 Å². The summed E-state index contributed by atoms with van der Waals surface area (Å²) in [6, 6.07) is 3.31. The van der Waals surface area contributed by atoms with E-state index in [1.165, 1.54) is 12.1 Å². The largest absolute Gasteiger partial charge is 0.748 e. The Hall–Kier alpha value is -3.19. The summed E-state index contributed by atoms with van der Waals surface area (Å²) in [4.78, 5) is 20.2. The van der Waals surface area contributed by atoms with Crippen molar-refractivity contribution in [1.82, 2.24) is 4.57 Å². The van der Waals surface area contributed by atoms with Crippen molar-refractivity contribution in [2.75, 3.05) is 20.0 Å². The van der Waals surface area contributed by atoms with E-state index in [2.05, 4.69) is 4.18 Å². The van der Waals surface area contributed by atoms with Gasteiger partial charge in [-0.2, -0.15) is 8.42 Å². The average Bonchev–Trinajstić information content (AvgIpc) is 3.05. The smallest absolute Gasteiger partial charge is 0.397 e. The summed E-state index contributed by atoms with van der Waals surface area (Å²) >= 11 is 0. The minimum Gasteiger partial charge on any atom is -0.748 e. The first-order valence-electron chi connectivity index (χ1n) is 8.04. The fraction of sp³-hybridized carbons (Fsp3) is 0.357. The molecule has 0 atom stereocenters. The lowest BCUT2D eigenvalue weighted by Crippen LogP contribution is -2.24. The highest BCUT2D eigenvalue weighted by atomic mass is 32.3. The average molecular weight is 500 g/mol. The standard InChI is InChI=1S/C12H13N4O5.CH4O4S.CH4O3S/c1-13-4-5-14(9-13)6-7-21-12-3-2-10(15(17)18)8-11(12)16(19)20;1-5-6(2,3)4;1-5(2,3)4/h2-5,8-9H,6-7H2,1H3;1H3,(H,2,3,4);1H3,(H,2,3,4)/q+1;;/p-1. The van der Waals surface area contributed by atoms with Crippen LogP contribution in [0.3, 0.4) is 0 Å². The molecule has 2 aromatic rings. The van der Waals surface area contributed by atoms with E-state index in [0.717, 1.165) is 13.2 Å². The highest BCUT2D eigenvalue weighted by molar-refractivity contribution is 7.84. The molecule has 0 saturated heterocycles. The molecule has 32 heavy (non-hydrogen) atoms. The molecule has 0 unspecified atom stereocenters. The monoisotopic (exact) mass is 500 g/mol. The maximum atomic E-state index is 10.9. The number of rotatable bonds is 7. The van der Waals surface area contributed by atoms with Crippen LogP contribution in [0.4, 0.5) is 11.4 Å². The quantitative estimate of drug-likeness (QED) is 0.226. The molecule has 1 heterocycles. The summed E-state index contributed by atoms with van der Waals surface area (Å²) in [5.74, 6) is 0.0159. The first kappa shape index (κ1) is 28.8. The van der Waals surface area contributed by atoms with Crippen molar-refractivity contribution in [3.63, 3.8) is 0 Å². The summed E-state index contributed by atoms with van der Waals surface area (Å²) < 4.78 is 66.0. The van der Waals surface area contributed by atoms with Crippen molar-refractivity contribution in [3.05, 3.63) is 57.1 Å². The molecule has 1 aromatic carbocycles. The number of ether oxygens (including phenoxy) is 1. The molecule has 0 aliphatic heterocycles. The number of hydrogen-bond acceptors (Lipinski definition) is 11. The van der Waals surface area contributed by atoms with E-state index < -0.39 is 36.1 Å². The van der Waals surface area contributed by atoms with Crippen LogP contribution in [0.1, 0.15) is 0 Å². The number of nitro groups is 2. The number of aryl methyl sites for hydroxylation is 1. The van der Waals surface area contributed by atoms with Crippen molar-refractivity contribution in [1.29, 1.82) is 0 Å². The van der Waals surface area contributed by atoms with Crippen molar-refractivity contribution in [2.45, 2.75) is 6.54 Å². The van der Waals surface area contributed by atoms with E-state index in [4.69, 9.17) is 22.3 Å². The zero-order valence-corrected chi connectivity index (χ0v) is 18.6. The molecule has 2 rings (SSSR count). The van der Waals surface area contributed by atoms with Crippen LogP contribution in [0.2, 0.25) is 0 Å². The maximum absolute atomic E-state index is 10.9. The van der Waals surface area contributed by atoms with Gasteiger partial charge < -0.3 is 9.29 Å². The van der Waals surface area contributed by atoms with Gasteiger partial charge in [0.2, 0.25) is 6.33 Å². The summed E-state index contributed by atoms with van der Waals surface area (Å²) in [5, 5.41) is 21.6. The van der Waals surface area contributed by atoms with Crippen LogP contribution in [0, 0.1) is 20.2 Å². The fourth-order valence-corrected chi connectivity index (χ4v) is 1.78. The normalized spacial score (nSPS) is 10.8. The molecule has 0 aliphatic carbocycles. The minimum absolute atomic E-state index is 0.0159. The van der Waals surface area contributed by atoms with Crippen LogP contribution in [-0.2, 0) is 38.3 Å². The van der Waals surface area contributed by atoms with Crippen LogP contribution in [0.25, 0.3) is 0 Å². The summed E-state index contributed by atoms with van der Waals surface area (Å²) in [6.07, 6.45) is 6.14. The number of nitrogens with zero attached hydrogens (tertiary/aromatic N) is 4. The fourth-order valence-electron chi connectivity index (χ4n) is 1.78. The minimum atomic E-state index is -4.16. The second-order valence-electron chi connectivity index (χ2n) is 5.63. The van der Waals surface area contributed by atoms with Gasteiger partial charge in [-0.3, -0.25) is 29.0 Å². The third kappa shape index (κ3) is 13.9. The Kier molecular flexibility index (Phi) is 11.4. The number of benzene rings is 1. The lowest BCUT2D eigenvalue weighted by molar-refractivity contribution is -0.671. The van der Waals surface area contributed by atoms with Crippen molar-refractivity contribution in [2.24, 2.45) is 7.05 Å². The zero-order valence-electron chi connectivity index (χ0n) is 16.9. The Bertz CT molecular complexity index is 1120. The van der Waals surface area contributed by atoms with Gasteiger partial charge >= 0.3 is 16.1 Å². The van der Waals surface area contributed by atoms with Crippen LogP contribution >= 0.6 is 0 Å². The molecule has 0 saturated carbocycles. The predicted molar refractivity (Wildman–Crippen MR) is 105 cm³/mol. The van der Waals surface area contributed by atoms with Crippen molar-refractivity contribution >= 4 is 31.9 Å². The van der Waals surface area contributed by atoms with Crippen LogP contribution in [0.5, 0.6) is 5.75 Å². The Morgan fingerprint density at radius 1 is 1.16 bits per heavy atom. The lowest BCUT2D eigenvalue weighted by atomic mass is 10.2. The SMILES string of the molecule is COS(=O)(=O)O.CS(=O)(=O)[O-].C[n+]1ccn(CCOc2ccc([N+](=O)[O-])cc2[N+](=O)[O-])c1. The van der Waals surface area contributed by atoms with Gasteiger partial charge in [0, 0.05) is 12.3 Å². The molecule has 16 nitrogen and oxygen atoms in total. The summed E-state index contributed by atoms with van der Waals surface area (Å²) in [5.41, 5.74) is -0.756. The third-order valence-electron chi connectivity index (χ3n) is 2.99. The van der Waals surface area contributed by atoms with E-state index in [-0.39, 0.29) is 18.0 Å². The molecule has 0 aliphatic rings. The topological polar surface area (TPSA) is 225 Å². The number of hydrogen-bond donors (Lipinski definition) is 1. The second-order valence-corrected chi connectivity index (χ2v) is 8.23. The van der Waals surface area contributed by atoms with E-state index >= 15 is 0 Å². The van der Waals surface area contributed by atoms with Crippen LogP contribution in [-0.4, -0.2) is 60.3 Å². The summed E-state index contributed by atoms with van der Waals surface area (Å²) in [6.45, 7) is 0.725. The lowest BCUT2D eigenvalue weighted by Gasteiger charge is -2.05. The molecule has 0 spiro atoms. The van der Waals surface area contributed by atoms with Gasteiger partial charge in [0.1, 0.15) is 25.5 Å². The molecular formula is C14H20N4O12S2. The Morgan fingerprint density at radius 2 is 1.69 bits per heavy atom. The van der Waals surface area contributed by atoms with Gasteiger partial charge in [-0.25, -0.2) is 17.6 Å². The Morgan fingerprint density at radius 3 is 2.06 bits per heavy atom. The van der Waals surface area contributed by atoms with Gasteiger partial charge in [0.05, 0.1) is 40.2 Å². The highest BCUT2D eigenvalue weighted by Crippen LogP contribution is 2.30. The van der Waals surface area contributed by atoms with Crippen molar-refractivity contribution < 1.29 is 49.3 Å². The number of imidazole rings is 1. The molecule has 0 amide bonds. The zero-order chi connectivity index (χ0) is 25.1. The van der Waals surface area contributed by atoms with Crippen molar-refractivity contribution in [3.8, 4) is 5.75 Å². The van der Waals surface area contributed by atoms with Gasteiger partial charge in [-0.05, 0) is 6.07 Å². The molecule has 0 bridgehead atoms. The highest BCUT2D eigenvalue weighted by Gasteiger charge is 2.20. The molecule has 18 heteroatoms. The number of nitro benzene ring substituents is 2. The maximum Gasteiger partial charge on any atom is 0.397 e. The molecule has 0 fully saturated rings. The van der Waals surface area contributed by atoms with E-state index in [1.54, 1.807) is 0 Å². The molecular weight excluding hydrogens is 480 g/mol. The molecule has 1 aromatic heterocycles. The van der Waals surface area contributed by atoms with E-state index in [0.29, 0.717) is 12.8 Å². The second kappa shape index (κ2) is 12.6. The van der Waals surface area contributed by atoms with E-state index in [9.17, 15) is 28.6 Å². The van der Waals surface area contributed by atoms with E-state index in [1.807, 2.05) is 34.9 Å². The predicted octanol–water partition coefficient (Wildman–Crippen LogP) is -0.195. The van der Waals surface area contributed by atoms with Crippen LogP contribution < -0.4 is 9.30 Å². The first-order chi connectivity index (χ1) is 14.5. The first-order valence-corrected chi connectivity index (χ1v) is 11.2. The Balaban J connectivity index is 0.000000726. The van der Waals surface area contributed by atoms with Gasteiger partial charge in [-0.1, -0.05) is 0 Å². The molecule has 0 radical (unpaired) electrons. The van der Waals surface area contributed by atoms with Crippen LogP contribution in [0.15, 0.2) is 36.9 Å². The molecule has 1 N–H and O–H groups in total.